The SMILES string of the molecule is O=C1CC2CCC(CN1)N2C(=O)c1cc(F)c(O)c(Cl)c1. The predicted molar refractivity (Wildman–Crippen MR) is 73.7 cm³/mol. The summed E-state index contributed by atoms with van der Waals surface area (Å²) < 4.78 is 13.5. The van der Waals surface area contributed by atoms with Crippen LogP contribution in [0.15, 0.2) is 12.1 Å². The molecule has 0 radical (unpaired) electrons. The molecule has 2 amide bonds. The maximum atomic E-state index is 13.5. The van der Waals surface area contributed by atoms with Crippen LogP contribution in [-0.4, -0.2) is 40.4 Å². The summed E-state index contributed by atoms with van der Waals surface area (Å²) in [5.41, 5.74) is 0.0848. The Morgan fingerprint density at radius 1 is 1.38 bits per heavy atom. The van der Waals surface area contributed by atoms with Gasteiger partial charge < -0.3 is 15.3 Å². The molecule has 2 aliphatic heterocycles. The number of phenols is 1. The van der Waals surface area contributed by atoms with Gasteiger partial charge in [0.1, 0.15) is 0 Å². The third kappa shape index (κ3) is 2.44. The van der Waals surface area contributed by atoms with E-state index in [1.165, 1.54) is 6.07 Å². The smallest absolute Gasteiger partial charge is 0.254 e. The van der Waals surface area contributed by atoms with Crippen molar-refractivity contribution in [2.45, 2.75) is 31.3 Å². The lowest BCUT2D eigenvalue weighted by molar-refractivity contribution is -0.121. The van der Waals surface area contributed by atoms with Crippen LogP contribution in [0.2, 0.25) is 5.02 Å². The van der Waals surface area contributed by atoms with Crippen molar-refractivity contribution in [3.8, 4) is 5.75 Å². The number of hydrogen-bond donors (Lipinski definition) is 2. The Kier molecular flexibility index (Phi) is 3.49. The Morgan fingerprint density at radius 2 is 2.10 bits per heavy atom. The highest BCUT2D eigenvalue weighted by Crippen LogP contribution is 2.32. The van der Waals surface area contributed by atoms with E-state index in [0.29, 0.717) is 6.54 Å². The monoisotopic (exact) mass is 312 g/mol. The summed E-state index contributed by atoms with van der Waals surface area (Å²) >= 11 is 5.72. The normalized spacial score (nSPS) is 24.7. The van der Waals surface area contributed by atoms with Gasteiger partial charge in [0.05, 0.1) is 5.02 Å². The molecule has 7 heteroatoms. The molecule has 5 nitrogen and oxygen atoms in total. The quantitative estimate of drug-likeness (QED) is 0.829. The van der Waals surface area contributed by atoms with Gasteiger partial charge in [-0.15, -0.1) is 0 Å². The van der Waals surface area contributed by atoms with E-state index in [1.807, 2.05) is 0 Å². The van der Waals surface area contributed by atoms with Crippen molar-refractivity contribution in [2.24, 2.45) is 0 Å². The molecule has 0 saturated carbocycles. The summed E-state index contributed by atoms with van der Waals surface area (Å²) in [5.74, 6) is -2.03. The van der Waals surface area contributed by atoms with E-state index in [0.717, 1.165) is 18.9 Å². The number of nitrogens with zero attached hydrogens (tertiary/aromatic N) is 1. The number of halogens is 2. The second-order valence-corrected chi connectivity index (χ2v) is 5.80. The first-order valence-electron chi connectivity index (χ1n) is 6.74. The number of hydrogen-bond acceptors (Lipinski definition) is 3. The third-order valence-corrected chi connectivity index (χ3v) is 4.36. The van der Waals surface area contributed by atoms with Crippen LogP contribution in [0, 0.1) is 5.82 Å². The van der Waals surface area contributed by atoms with Gasteiger partial charge in [0.15, 0.2) is 11.6 Å². The van der Waals surface area contributed by atoms with Gasteiger partial charge in [-0.3, -0.25) is 9.59 Å². The number of carbonyl (C=O) groups is 2. The van der Waals surface area contributed by atoms with Crippen molar-refractivity contribution in [3.05, 3.63) is 28.5 Å². The molecule has 2 atom stereocenters. The number of aromatic hydroxyl groups is 1. The van der Waals surface area contributed by atoms with Gasteiger partial charge in [-0.1, -0.05) is 11.6 Å². The molecular weight excluding hydrogens is 299 g/mol. The molecule has 0 aliphatic carbocycles. The molecule has 2 bridgehead atoms. The van der Waals surface area contributed by atoms with E-state index in [-0.39, 0.29) is 40.9 Å². The first-order chi connectivity index (χ1) is 9.97. The average molecular weight is 313 g/mol. The highest BCUT2D eigenvalue weighted by atomic mass is 35.5. The van der Waals surface area contributed by atoms with E-state index < -0.39 is 11.6 Å². The Labute approximate surface area is 125 Å². The average Bonchev–Trinajstić information content (AvgIpc) is 2.74. The molecule has 2 heterocycles. The molecule has 3 rings (SSSR count). The first kappa shape index (κ1) is 14.1. The minimum absolute atomic E-state index is 0.0741. The van der Waals surface area contributed by atoms with Crippen LogP contribution in [0.25, 0.3) is 0 Å². The van der Waals surface area contributed by atoms with Crippen LogP contribution in [-0.2, 0) is 4.79 Å². The van der Waals surface area contributed by atoms with Gasteiger partial charge in [-0.25, -0.2) is 4.39 Å². The Bertz CT molecular complexity index is 599. The molecule has 1 aromatic carbocycles. The second kappa shape index (κ2) is 5.18. The number of benzene rings is 1. The molecular formula is C14H14ClFN2O3. The number of fused-ring (bicyclic) bond motifs is 2. The van der Waals surface area contributed by atoms with E-state index in [1.54, 1.807) is 4.90 Å². The zero-order chi connectivity index (χ0) is 15.1. The summed E-state index contributed by atoms with van der Waals surface area (Å²) in [6.07, 6.45) is 1.83. The third-order valence-electron chi connectivity index (χ3n) is 4.07. The van der Waals surface area contributed by atoms with Crippen LogP contribution in [0.5, 0.6) is 5.75 Å². The van der Waals surface area contributed by atoms with Crippen molar-refractivity contribution in [3.63, 3.8) is 0 Å². The zero-order valence-electron chi connectivity index (χ0n) is 11.1. The molecule has 0 spiro atoms. The number of amides is 2. The van der Waals surface area contributed by atoms with Crippen LogP contribution in [0.3, 0.4) is 0 Å². The van der Waals surface area contributed by atoms with Crippen LogP contribution < -0.4 is 5.32 Å². The minimum Gasteiger partial charge on any atom is -0.504 e. The Hall–Kier alpha value is -1.82. The zero-order valence-corrected chi connectivity index (χ0v) is 11.9. The van der Waals surface area contributed by atoms with Gasteiger partial charge >= 0.3 is 0 Å². The minimum atomic E-state index is -0.928. The van der Waals surface area contributed by atoms with Gasteiger partial charge in [0.2, 0.25) is 5.91 Å². The number of phenolic OH excluding ortho intramolecular Hbond substituents is 1. The van der Waals surface area contributed by atoms with Crippen molar-refractivity contribution in [1.82, 2.24) is 10.2 Å². The maximum absolute atomic E-state index is 13.5. The standard InChI is InChI=1S/C14H14ClFN2O3/c15-10-3-7(4-11(16)13(10)20)14(21)18-8-1-2-9(18)6-17-12(19)5-8/h3-4,8-9,20H,1-2,5-6H2,(H,17,19). The van der Waals surface area contributed by atoms with Crippen molar-refractivity contribution >= 4 is 23.4 Å². The summed E-state index contributed by atoms with van der Waals surface area (Å²) in [5, 5.41) is 11.9. The number of nitrogens with one attached hydrogen (secondary N) is 1. The summed E-state index contributed by atoms with van der Waals surface area (Å²) in [4.78, 5) is 25.8. The largest absolute Gasteiger partial charge is 0.504 e. The first-order valence-corrected chi connectivity index (χ1v) is 7.12. The molecule has 2 fully saturated rings. The van der Waals surface area contributed by atoms with Gasteiger partial charge in [-0.05, 0) is 25.0 Å². The fraction of sp³-hybridized carbons (Fsp3) is 0.429. The summed E-state index contributed by atoms with van der Waals surface area (Å²) in [6, 6.07) is 1.98. The highest BCUT2D eigenvalue weighted by molar-refractivity contribution is 6.32. The molecule has 2 aliphatic rings. The predicted octanol–water partition coefficient (Wildman–Crippen LogP) is 1.68. The second-order valence-electron chi connectivity index (χ2n) is 5.39. The molecule has 0 aromatic heterocycles. The van der Waals surface area contributed by atoms with E-state index in [2.05, 4.69) is 5.32 Å². The molecule has 1 aromatic rings. The lowest BCUT2D eigenvalue weighted by atomic mass is 10.1. The van der Waals surface area contributed by atoms with Gasteiger partial charge in [0.25, 0.3) is 5.91 Å². The molecule has 2 N–H and O–H groups in total. The Morgan fingerprint density at radius 3 is 2.81 bits per heavy atom. The summed E-state index contributed by atoms with van der Waals surface area (Å²) in [7, 11) is 0. The van der Waals surface area contributed by atoms with Gasteiger partial charge in [0, 0.05) is 30.6 Å². The highest BCUT2D eigenvalue weighted by Gasteiger charge is 2.40. The molecule has 2 saturated heterocycles. The fourth-order valence-electron chi connectivity index (χ4n) is 3.05. The van der Waals surface area contributed by atoms with Crippen molar-refractivity contribution in [1.29, 1.82) is 0 Å². The topological polar surface area (TPSA) is 69.6 Å². The maximum Gasteiger partial charge on any atom is 0.254 e. The Balaban J connectivity index is 1.93. The van der Waals surface area contributed by atoms with E-state index in [9.17, 15) is 19.1 Å². The fourth-order valence-corrected chi connectivity index (χ4v) is 3.26. The molecule has 21 heavy (non-hydrogen) atoms. The van der Waals surface area contributed by atoms with Gasteiger partial charge in [-0.2, -0.15) is 0 Å². The van der Waals surface area contributed by atoms with Crippen LogP contribution >= 0.6 is 11.6 Å². The van der Waals surface area contributed by atoms with Crippen LogP contribution in [0.4, 0.5) is 4.39 Å². The lowest BCUT2D eigenvalue weighted by Gasteiger charge is -2.27. The lowest BCUT2D eigenvalue weighted by Crippen LogP contribution is -2.42. The molecule has 2 unspecified atom stereocenters. The summed E-state index contributed by atoms with van der Waals surface area (Å²) in [6.45, 7) is 0.412. The van der Waals surface area contributed by atoms with Crippen molar-refractivity contribution in [2.75, 3.05) is 6.54 Å². The molecule has 112 valence electrons. The van der Waals surface area contributed by atoms with E-state index in [4.69, 9.17) is 11.6 Å². The van der Waals surface area contributed by atoms with E-state index >= 15 is 0 Å². The van der Waals surface area contributed by atoms with Crippen molar-refractivity contribution < 1.29 is 19.1 Å². The number of carbonyl (C=O) groups excluding carboxylic acids is 2. The van der Waals surface area contributed by atoms with Crippen LogP contribution in [0.1, 0.15) is 29.6 Å². The number of rotatable bonds is 1.